The first-order chi connectivity index (χ1) is 10.9. The van der Waals surface area contributed by atoms with Crippen LogP contribution in [0.5, 0.6) is 0 Å². The summed E-state index contributed by atoms with van der Waals surface area (Å²) in [5.74, 6) is 1.07. The van der Waals surface area contributed by atoms with Crippen LogP contribution in [-0.4, -0.2) is 51.2 Å². The molecule has 2 fully saturated rings. The Morgan fingerprint density at radius 1 is 1.39 bits per heavy atom. The second-order valence-electron chi connectivity index (χ2n) is 6.36. The van der Waals surface area contributed by atoms with Crippen LogP contribution < -0.4 is 5.32 Å². The van der Waals surface area contributed by atoms with Gasteiger partial charge in [0.2, 0.25) is 15.9 Å². The molecule has 2 aliphatic rings. The Bertz CT molecular complexity index is 643. The van der Waals surface area contributed by atoms with Crippen molar-refractivity contribution in [2.45, 2.75) is 13.0 Å². The zero-order valence-electron chi connectivity index (χ0n) is 13.1. The fourth-order valence-electron chi connectivity index (χ4n) is 3.45. The van der Waals surface area contributed by atoms with Crippen LogP contribution in [0.25, 0.3) is 0 Å². The van der Waals surface area contributed by atoms with E-state index in [0.717, 1.165) is 0 Å². The maximum atomic E-state index is 12.1. The van der Waals surface area contributed by atoms with Gasteiger partial charge in [-0.2, -0.15) is 0 Å². The van der Waals surface area contributed by atoms with Gasteiger partial charge in [0.05, 0.1) is 32.3 Å². The molecule has 0 spiro atoms. The fraction of sp³-hybridized carbons (Fsp3) is 0.667. The molecule has 3 rings (SSSR count). The first kappa shape index (κ1) is 16.5. The molecule has 0 unspecified atom stereocenters. The van der Waals surface area contributed by atoms with Gasteiger partial charge in [-0.05, 0) is 24.0 Å². The van der Waals surface area contributed by atoms with Gasteiger partial charge < -0.3 is 14.5 Å². The van der Waals surface area contributed by atoms with E-state index in [1.54, 1.807) is 18.4 Å². The molecule has 7 nitrogen and oxygen atoms in total. The van der Waals surface area contributed by atoms with Crippen LogP contribution in [0, 0.1) is 17.8 Å². The molecule has 1 aromatic rings. The number of furan rings is 1. The van der Waals surface area contributed by atoms with E-state index in [-0.39, 0.29) is 23.7 Å². The SMILES string of the molecule is CS(=O)(=O)N1C[C@H]2COC[C@@H](CC(=O)NCc3ccco3)[C@H]2C1. The highest BCUT2D eigenvalue weighted by molar-refractivity contribution is 7.88. The predicted octanol–water partition coefficient (Wildman–Crippen LogP) is 0.440. The van der Waals surface area contributed by atoms with Gasteiger partial charge >= 0.3 is 0 Å². The van der Waals surface area contributed by atoms with E-state index in [4.69, 9.17) is 9.15 Å². The van der Waals surface area contributed by atoms with Crippen molar-refractivity contribution < 1.29 is 22.4 Å². The lowest BCUT2D eigenvalue weighted by molar-refractivity contribution is -0.124. The molecule has 23 heavy (non-hydrogen) atoms. The predicted molar refractivity (Wildman–Crippen MR) is 82.9 cm³/mol. The van der Waals surface area contributed by atoms with Crippen molar-refractivity contribution in [1.29, 1.82) is 0 Å². The number of hydrogen-bond acceptors (Lipinski definition) is 5. The Labute approximate surface area is 136 Å². The van der Waals surface area contributed by atoms with E-state index in [1.807, 2.05) is 0 Å². The number of hydrogen-bond donors (Lipinski definition) is 1. The standard InChI is InChI=1S/C15H22N2O5S/c1-23(19,20)17-7-12-10-21-9-11(14(12)8-17)5-15(18)16-6-13-3-2-4-22-13/h2-4,11-12,14H,5-10H2,1H3,(H,16,18)/t11-,12+,14-/m1/s1. The normalized spacial score (nSPS) is 28.5. The number of amides is 1. The quantitative estimate of drug-likeness (QED) is 0.839. The minimum absolute atomic E-state index is 0.0529. The minimum atomic E-state index is -3.19. The second kappa shape index (κ2) is 6.62. The average Bonchev–Trinajstić information content (AvgIpc) is 3.14. The number of fused-ring (bicyclic) bond motifs is 1. The summed E-state index contributed by atoms with van der Waals surface area (Å²) in [6.07, 6.45) is 3.15. The molecule has 0 radical (unpaired) electrons. The zero-order chi connectivity index (χ0) is 16.4. The summed E-state index contributed by atoms with van der Waals surface area (Å²) >= 11 is 0. The summed E-state index contributed by atoms with van der Waals surface area (Å²) in [5, 5.41) is 2.83. The summed E-state index contributed by atoms with van der Waals surface area (Å²) in [7, 11) is -3.19. The molecule has 1 aromatic heterocycles. The maximum absolute atomic E-state index is 12.1. The van der Waals surface area contributed by atoms with Crippen molar-refractivity contribution in [1.82, 2.24) is 9.62 Å². The van der Waals surface area contributed by atoms with E-state index < -0.39 is 10.0 Å². The third-order valence-corrected chi connectivity index (χ3v) is 5.92. The van der Waals surface area contributed by atoms with Crippen molar-refractivity contribution in [3.8, 4) is 0 Å². The number of rotatable bonds is 5. The molecule has 1 N–H and O–H groups in total. The molecule has 0 aliphatic carbocycles. The summed E-state index contributed by atoms with van der Waals surface area (Å²) < 4.78 is 35.7. The molecule has 0 aromatic carbocycles. The monoisotopic (exact) mass is 342 g/mol. The van der Waals surface area contributed by atoms with Crippen LogP contribution in [0.15, 0.2) is 22.8 Å². The van der Waals surface area contributed by atoms with Gasteiger partial charge in [0, 0.05) is 25.4 Å². The van der Waals surface area contributed by atoms with Crippen LogP contribution in [0.2, 0.25) is 0 Å². The van der Waals surface area contributed by atoms with Gasteiger partial charge in [0.15, 0.2) is 0 Å². The van der Waals surface area contributed by atoms with Crippen LogP contribution >= 0.6 is 0 Å². The number of sulfonamides is 1. The second-order valence-corrected chi connectivity index (χ2v) is 8.34. The van der Waals surface area contributed by atoms with Crippen molar-refractivity contribution in [3.05, 3.63) is 24.2 Å². The molecule has 0 bridgehead atoms. The fourth-order valence-corrected chi connectivity index (χ4v) is 4.36. The lowest BCUT2D eigenvalue weighted by Crippen LogP contribution is -2.38. The molecule has 1 amide bonds. The molecule has 2 aliphatic heterocycles. The van der Waals surface area contributed by atoms with E-state index in [2.05, 4.69) is 5.32 Å². The van der Waals surface area contributed by atoms with E-state index in [9.17, 15) is 13.2 Å². The first-order valence-corrected chi connectivity index (χ1v) is 9.60. The Kier molecular flexibility index (Phi) is 4.74. The molecular weight excluding hydrogens is 320 g/mol. The largest absolute Gasteiger partial charge is 0.467 e. The van der Waals surface area contributed by atoms with E-state index >= 15 is 0 Å². The van der Waals surface area contributed by atoms with Crippen LogP contribution in [0.3, 0.4) is 0 Å². The van der Waals surface area contributed by atoms with Crippen molar-refractivity contribution in [2.75, 3.05) is 32.6 Å². The highest BCUT2D eigenvalue weighted by Gasteiger charge is 2.44. The van der Waals surface area contributed by atoms with Gasteiger partial charge in [0.1, 0.15) is 5.76 Å². The molecular formula is C15H22N2O5S. The van der Waals surface area contributed by atoms with Crippen LogP contribution in [-0.2, 0) is 26.1 Å². The third kappa shape index (κ3) is 3.94. The van der Waals surface area contributed by atoms with Crippen LogP contribution in [0.1, 0.15) is 12.2 Å². The highest BCUT2D eigenvalue weighted by Crippen LogP contribution is 2.36. The number of carbonyl (C=O) groups excluding carboxylic acids is 1. The molecule has 0 saturated carbocycles. The third-order valence-electron chi connectivity index (χ3n) is 4.68. The topological polar surface area (TPSA) is 88.8 Å². The molecule has 3 heterocycles. The number of carbonyl (C=O) groups is 1. The Balaban J connectivity index is 1.56. The van der Waals surface area contributed by atoms with Crippen molar-refractivity contribution >= 4 is 15.9 Å². The summed E-state index contributed by atoms with van der Waals surface area (Å²) in [6, 6.07) is 3.58. The molecule has 2 saturated heterocycles. The molecule has 3 atom stereocenters. The average molecular weight is 342 g/mol. The molecule has 128 valence electrons. The van der Waals surface area contributed by atoms with Crippen molar-refractivity contribution in [2.24, 2.45) is 17.8 Å². The summed E-state index contributed by atoms with van der Waals surface area (Å²) in [6.45, 7) is 2.42. The highest BCUT2D eigenvalue weighted by atomic mass is 32.2. The number of nitrogens with one attached hydrogen (secondary N) is 1. The van der Waals surface area contributed by atoms with Gasteiger partial charge in [-0.3, -0.25) is 4.79 Å². The minimum Gasteiger partial charge on any atom is -0.467 e. The van der Waals surface area contributed by atoms with Gasteiger partial charge in [-0.15, -0.1) is 0 Å². The first-order valence-electron chi connectivity index (χ1n) is 7.75. The number of ether oxygens (including phenoxy) is 1. The number of nitrogens with zero attached hydrogens (tertiary/aromatic N) is 1. The van der Waals surface area contributed by atoms with Gasteiger partial charge in [-0.25, -0.2) is 12.7 Å². The van der Waals surface area contributed by atoms with E-state index in [1.165, 1.54) is 10.6 Å². The molecule has 8 heteroatoms. The van der Waals surface area contributed by atoms with Gasteiger partial charge in [-0.1, -0.05) is 0 Å². The lowest BCUT2D eigenvalue weighted by atomic mass is 9.81. The maximum Gasteiger partial charge on any atom is 0.220 e. The lowest BCUT2D eigenvalue weighted by Gasteiger charge is -2.32. The Hall–Kier alpha value is -1.38. The summed E-state index contributed by atoms with van der Waals surface area (Å²) in [4.78, 5) is 12.1. The summed E-state index contributed by atoms with van der Waals surface area (Å²) in [5.41, 5.74) is 0. The Morgan fingerprint density at radius 3 is 2.91 bits per heavy atom. The Morgan fingerprint density at radius 2 is 2.22 bits per heavy atom. The zero-order valence-corrected chi connectivity index (χ0v) is 13.9. The van der Waals surface area contributed by atoms with E-state index in [0.29, 0.717) is 45.0 Å². The van der Waals surface area contributed by atoms with Gasteiger partial charge in [0.25, 0.3) is 0 Å². The van der Waals surface area contributed by atoms with Crippen molar-refractivity contribution in [3.63, 3.8) is 0 Å². The smallest absolute Gasteiger partial charge is 0.220 e. The van der Waals surface area contributed by atoms with Crippen LogP contribution in [0.4, 0.5) is 0 Å².